The molecule has 0 bridgehead atoms. The lowest BCUT2D eigenvalue weighted by molar-refractivity contribution is -0.156. The first kappa shape index (κ1) is 12.9. The first-order valence-corrected chi connectivity index (χ1v) is 3.50. The lowest BCUT2D eigenvalue weighted by Gasteiger charge is -1.87. The van der Waals surface area contributed by atoms with Gasteiger partial charge in [-0.1, -0.05) is 0 Å². The molecule has 0 saturated heterocycles. The maximum Gasteiger partial charge on any atom is 0.310 e. The highest BCUT2D eigenvalue weighted by Gasteiger charge is 1.93. The summed E-state index contributed by atoms with van der Waals surface area (Å²) in [7, 11) is 0. The van der Waals surface area contributed by atoms with Crippen molar-refractivity contribution in [3.05, 3.63) is 0 Å². The van der Waals surface area contributed by atoms with E-state index in [1.54, 1.807) is 0 Å². The number of carbonyl (C=O) groups is 3. The van der Waals surface area contributed by atoms with E-state index in [0.29, 0.717) is 0 Å². The number of rotatable bonds is 0. The van der Waals surface area contributed by atoms with Crippen LogP contribution in [0.25, 0.3) is 0 Å². The summed E-state index contributed by atoms with van der Waals surface area (Å²) in [6, 6.07) is 0. The second-order valence-corrected chi connectivity index (χ2v) is 2.67. The topological polar surface area (TPSA) is 60.4 Å². The predicted octanol–water partition coefficient (Wildman–Crippen LogP) is 1.02. The van der Waals surface area contributed by atoms with Gasteiger partial charge in [0.25, 0.3) is 0 Å². The fourth-order valence-electron chi connectivity index (χ4n) is 0.202. The molecule has 0 fully saturated rings. The first-order chi connectivity index (χ1) is 4.86. The lowest BCUT2D eigenvalue weighted by Crippen LogP contribution is -2.03. The molecule has 0 N–H and O–H groups in total. The molecular formula is C6H9BrO4. The van der Waals surface area contributed by atoms with Gasteiger partial charge in [0.15, 0.2) is 4.69 Å². The molecule has 64 valence electrons. The number of esters is 2. The van der Waals surface area contributed by atoms with Gasteiger partial charge in [0, 0.05) is 20.8 Å². The molecule has 0 aliphatic carbocycles. The van der Waals surface area contributed by atoms with Crippen LogP contribution in [-0.2, 0) is 19.1 Å². The minimum atomic E-state index is -0.562. The van der Waals surface area contributed by atoms with E-state index in [-0.39, 0.29) is 4.69 Å². The fourth-order valence-corrected chi connectivity index (χ4v) is 0.202. The number of carbonyl (C=O) groups excluding carboxylic acids is 3. The maximum absolute atomic E-state index is 9.81. The number of halogens is 1. The summed E-state index contributed by atoms with van der Waals surface area (Å²) in [4.78, 5) is 29.0. The summed E-state index contributed by atoms with van der Waals surface area (Å²) in [5, 5.41) is 0. The zero-order valence-electron chi connectivity index (χ0n) is 6.51. The van der Waals surface area contributed by atoms with Crippen molar-refractivity contribution in [2.45, 2.75) is 20.8 Å². The molecule has 0 aliphatic heterocycles. The van der Waals surface area contributed by atoms with Gasteiger partial charge < -0.3 is 4.74 Å². The molecule has 0 spiro atoms. The van der Waals surface area contributed by atoms with Gasteiger partial charge in [-0.15, -0.1) is 0 Å². The highest BCUT2D eigenvalue weighted by molar-refractivity contribution is 9.18. The summed E-state index contributed by atoms with van der Waals surface area (Å²) in [6.45, 7) is 3.81. The normalized spacial score (nSPS) is 7.27. The van der Waals surface area contributed by atoms with Gasteiger partial charge in [-0.2, -0.15) is 0 Å². The second kappa shape index (κ2) is 7.40. The molecule has 0 aliphatic rings. The SMILES string of the molecule is CC(=O)Br.CC(=O)OC(C)=O. The molecule has 0 atom stereocenters. The summed E-state index contributed by atoms with van der Waals surface area (Å²) in [6.07, 6.45) is 0. The van der Waals surface area contributed by atoms with Crippen LogP contribution in [0, 0.1) is 0 Å². The molecule has 0 rings (SSSR count). The van der Waals surface area contributed by atoms with Crippen LogP contribution in [-0.4, -0.2) is 16.6 Å². The highest BCUT2D eigenvalue weighted by atomic mass is 79.9. The van der Waals surface area contributed by atoms with Crippen molar-refractivity contribution in [2.24, 2.45) is 0 Å². The molecule has 0 saturated carbocycles. The van der Waals surface area contributed by atoms with Crippen LogP contribution in [0.4, 0.5) is 0 Å². The Balaban J connectivity index is 0. The van der Waals surface area contributed by atoms with E-state index in [4.69, 9.17) is 0 Å². The Hall–Kier alpha value is -0.710. The molecule has 11 heavy (non-hydrogen) atoms. The average molecular weight is 225 g/mol. The van der Waals surface area contributed by atoms with Crippen molar-refractivity contribution >= 4 is 32.6 Å². The molecule has 0 aromatic heterocycles. The minimum absolute atomic E-state index is 0.0208. The quantitative estimate of drug-likeness (QED) is 0.351. The van der Waals surface area contributed by atoms with Gasteiger partial charge in [0.1, 0.15) is 0 Å². The maximum atomic E-state index is 9.81. The zero-order valence-corrected chi connectivity index (χ0v) is 8.10. The van der Waals surface area contributed by atoms with Gasteiger partial charge in [0.2, 0.25) is 0 Å². The van der Waals surface area contributed by atoms with Gasteiger partial charge in [-0.05, 0) is 15.9 Å². The van der Waals surface area contributed by atoms with Crippen LogP contribution in [0.1, 0.15) is 20.8 Å². The molecule has 0 unspecified atom stereocenters. The van der Waals surface area contributed by atoms with Crippen molar-refractivity contribution in [1.82, 2.24) is 0 Å². The van der Waals surface area contributed by atoms with Gasteiger partial charge >= 0.3 is 11.9 Å². The summed E-state index contributed by atoms with van der Waals surface area (Å²) in [5.41, 5.74) is 0. The largest absolute Gasteiger partial charge is 0.394 e. The summed E-state index contributed by atoms with van der Waals surface area (Å²) < 4.78 is 3.95. The predicted molar refractivity (Wildman–Crippen MR) is 42.1 cm³/mol. The average Bonchev–Trinajstić information content (AvgIpc) is 1.56. The van der Waals surface area contributed by atoms with Gasteiger partial charge in [-0.3, -0.25) is 14.4 Å². The van der Waals surface area contributed by atoms with Crippen LogP contribution in [0.2, 0.25) is 0 Å². The Kier molecular flexibility index (Phi) is 8.69. The van der Waals surface area contributed by atoms with E-state index in [0.717, 1.165) is 0 Å². The Morgan fingerprint density at radius 1 is 1.00 bits per heavy atom. The molecule has 0 aromatic rings. The van der Waals surface area contributed by atoms with Crippen molar-refractivity contribution in [3.8, 4) is 0 Å². The van der Waals surface area contributed by atoms with Crippen molar-refractivity contribution in [2.75, 3.05) is 0 Å². The van der Waals surface area contributed by atoms with Gasteiger partial charge in [0.05, 0.1) is 0 Å². The number of hydrogen-bond acceptors (Lipinski definition) is 4. The molecule has 0 heterocycles. The molecule has 4 nitrogen and oxygen atoms in total. The van der Waals surface area contributed by atoms with Crippen LogP contribution < -0.4 is 0 Å². The molecule has 0 aromatic carbocycles. The standard InChI is InChI=1S/C4H6O3.C2H3BrO/c1-3(5)7-4(2)6;1-2(3)4/h1-2H3;1H3. The molecular weight excluding hydrogens is 216 g/mol. The Morgan fingerprint density at radius 3 is 1.18 bits per heavy atom. The zero-order chi connectivity index (χ0) is 9.44. The summed E-state index contributed by atoms with van der Waals surface area (Å²) in [5.74, 6) is -1.12. The summed E-state index contributed by atoms with van der Waals surface area (Å²) >= 11 is 2.63. The van der Waals surface area contributed by atoms with Crippen LogP contribution in [0.5, 0.6) is 0 Å². The minimum Gasteiger partial charge on any atom is -0.394 e. The first-order valence-electron chi connectivity index (χ1n) is 2.71. The fraction of sp³-hybridized carbons (Fsp3) is 0.500. The van der Waals surface area contributed by atoms with E-state index in [1.807, 2.05) is 0 Å². The van der Waals surface area contributed by atoms with Crippen LogP contribution in [0.15, 0.2) is 0 Å². The van der Waals surface area contributed by atoms with Crippen LogP contribution >= 0.6 is 15.9 Å². The monoisotopic (exact) mass is 224 g/mol. The third-order valence-electron chi connectivity index (χ3n) is 0.287. The molecule has 5 heteroatoms. The number of ether oxygens (including phenoxy) is 1. The Bertz CT molecular complexity index is 148. The van der Waals surface area contributed by atoms with E-state index in [9.17, 15) is 14.4 Å². The van der Waals surface area contributed by atoms with E-state index < -0.39 is 11.9 Å². The van der Waals surface area contributed by atoms with Crippen molar-refractivity contribution in [3.63, 3.8) is 0 Å². The van der Waals surface area contributed by atoms with E-state index >= 15 is 0 Å². The highest BCUT2D eigenvalue weighted by Crippen LogP contribution is 1.74. The second-order valence-electron chi connectivity index (χ2n) is 1.56. The van der Waals surface area contributed by atoms with E-state index in [1.165, 1.54) is 20.8 Å². The lowest BCUT2D eigenvalue weighted by atomic mass is 10.7. The number of hydrogen-bond donors (Lipinski definition) is 0. The third kappa shape index (κ3) is 45.6. The third-order valence-corrected chi connectivity index (χ3v) is 0.287. The van der Waals surface area contributed by atoms with E-state index in [2.05, 4.69) is 20.7 Å². The Labute approximate surface area is 73.0 Å². The van der Waals surface area contributed by atoms with Crippen LogP contribution in [0.3, 0.4) is 0 Å². The Morgan fingerprint density at radius 2 is 1.18 bits per heavy atom. The van der Waals surface area contributed by atoms with Gasteiger partial charge in [-0.25, -0.2) is 0 Å². The van der Waals surface area contributed by atoms with Crippen molar-refractivity contribution < 1.29 is 19.1 Å². The van der Waals surface area contributed by atoms with Crippen molar-refractivity contribution in [1.29, 1.82) is 0 Å². The smallest absolute Gasteiger partial charge is 0.310 e. The molecule has 0 radical (unpaired) electrons. The molecule has 0 amide bonds.